The number of aromatic amines is 1. The molecule has 1 fully saturated rings. The number of fused-ring (bicyclic) bond motifs is 1. The average Bonchev–Trinajstić information content (AvgIpc) is 3.23. The van der Waals surface area contributed by atoms with E-state index in [1.54, 1.807) is 4.90 Å². The fraction of sp³-hybridized carbons (Fsp3) is 0.211. The van der Waals surface area contributed by atoms with E-state index < -0.39 is 11.6 Å². The van der Waals surface area contributed by atoms with E-state index in [1.165, 1.54) is 17.0 Å². The molecule has 0 saturated carbocycles. The zero-order valence-corrected chi connectivity index (χ0v) is 12.9. The van der Waals surface area contributed by atoms with E-state index in [2.05, 4.69) is 11.1 Å². The molecule has 2 aromatic carbocycles. The number of benzene rings is 2. The number of hydrogen-bond acceptors (Lipinski definition) is 1. The van der Waals surface area contributed by atoms with Crippen molar-refractivity contribution in [2.45, 2.75) is 12.3 Å². The molecule has 3 nitrogen and oxygen atoms in total. The Morgan fingerprint density at radius 2 is 1.96 bits per heavy atom. The van der Waals surface area contributed by atoms with Crippen LogP contribution in [-0.2, 0) is 0 Å². The summed E-state index contributed by atoms with van der Waals surface area (Å²) in [6.45, 7) is 1.20. The Morgan fingerprint density at radius 1 is 1.12 bits per heavy atom. The maximum absolute atomic E-state index is 13.4. The molecule has 0 bridgehead atoms. The zero-order valence-electron chi connectivity index (χ0n) is 12.9. The molecule has 1 saturated heterocycles. The Labute approximate surface area is 137 Å². The number of amides is 1. The van der Waals surface area contributed by atoms with Crippen molar-refractivity contribution in [1.29, 1.82) is 0 Å². The standard InChI is InChI=1S/C19H16F2N2O/c20-16-6-5-12(9-17(16)21)19(24)23-8-7-13(11-23)15-10-22-18-4-2-1-3-14(15)18/h1-6,9-10,13,22H,7-8,11H2. The Kier molecular flexibility index (Phi) is 3.56. The highest BCUT2D eigenvalue weighted by molar-refractivity contribution is 5.94. The topological polar surface area (TPSA) is 36.1 Å². The first kappa shape index (κ1) is 14.9. The summed E-state index contributed by atoms with van der Waals surface area (Å²) >= 11 is 0. The van der Waals surface area contributed by atoms with Gasteiger partial charge in [0.1, 0.15) is 0 Å². The summed E-state index contributed by atoms with van der Waals surface area (Å²) in [5, 5.41) is 1.17. The number of hydrogen-bond donors (Lipinski definition) is 1. The minimum Gasteiger partial charge on any atom is -0.361 e. The molecule has 24 heavy (non-hydrogen) atoms. The molecule has 1 aromatic heterocycles. The molecule has 1 atom stereocenters. The number of H-pyrrole nitrogens is 1. The summed E-state index contributed by atoms with van der Waals surface area (Å²) in [5.41, 5.74) is 2.47. The predicted octanol–water partition coefficient (Wildman–Crippen LogP) is 4.08. The summed E-state index contributed by atoms with van der Waals surface area (Å²) < 4.78 is 26.4. The van der Waals surface area contributed by atoms with Gasteiger partial charge < -0.3 is 9.88 Å². The van der Waals surface area contributed by atoms with E-state index in [0.29, 0.717) is 13.1 Å². The second-order valence-electron chi connectivity index (χ2n) is 6.16. The molecule has 0 radical (unpaired) electrons. The molecule has 0 spiro atoms. The minimum atomic E-state index is -0.992. The number of aromatic nitrogens is 1. The number of nitrogens with zero attached hydrogens (tertiary/aromatic N) is 1. The lowest BCUT2D eigenvalue weighted by molar-refractivity contribution is 0.0790. The molecular formula is C19H16F2N2O. The third-order valence-electron chi connectivity index (χ3n) is 4.70. The molecule has 1 amide bonds. The van der Waals surface area contributed by atoms with Gasteiger partial charge in [-0.3, -0.25) is 4.79 Å². The van der Waals surface area contributed by atoms with Gasteiger partial charge in [-0.15, -0.1) is 0 Å². The number of carbonyl (C=O) groups excluding carboxylic acids is 1. The summed E-state index contributed by atoms with van der Waals surface area (Å²) in [7, 11) is 0. The van der Waals surface area contributed by atoms with E-state index in [1.807, 2.05) is 24.4 Å². The fourth-order valence-electron chi connectivity index (χ4n) is 3.44. The maximum atomic E-state index is 13.4. The van der Waals surface area contributed by atoms with Gasteiger partial charge in [0.05, 0.1) is 0 Å². The first-order valence-electron chi connectivity index (χ1n) is 7.94. The van der Waals surface area contributed by atoms with Crippen molar-refractivity contribution < 1.29 is 13.6 Å². The predicted molar refractivity (Wildman–Crippen MR) is 87.9 cm³/mol. The van der Waals surface area contributed by atoms with Crippen molar-refractivity contribution in [3.05, 3.63) is 71.4 Å². The second-order valence-corrected chi connectivity index (χ2v) is 6.16. The SMILES string of the molecule is O=C(c1ccc(F)c(F)c1)N1CCC(c2c[nH]c3ccccc23)C1. The van der Waals surface area contributed by atoms with Gasteiger partial charge in [-0.05, 0) is 36.2 Å². The van der Waals surface area contributed by atoms with Crippen LogP contribution in [0.5, 0.6) is 0 Å². The number of para-hydroxylation sites is 1. The minimum absolute atomic E-state index is 0.188. The maximum Gasteiger partial charge on any atom is 0.253 e. The largest absolute Gasteiger partial charge is 0.361 e. The van der Waals surface area contributed by atoms with Gasteiger partial charge in [0.25, 0.3) is 5.91 Å². The van der Waals surface area contributed by atoms with Gasteiger partial charge in [-0.25, -0.2) is 8.78 Å². The highest BCUT2D eigenvalue weighted by Crippen LogP contribution is 2.33. The van der Waals surface area contributed by atoms with E-state index in [4.69, 9.17) is 0 Å². The van der Waals surface area contributed by atoms with Crippen molar-refractivity contribution in [1.82, 2.24) is 9.88 Å². The van der Waals surface area contributed by atoms with Crippen molar-refractivity contribution >= 4 is 16.8 Å². The van der Waals surface area contributed by atoms with Crippen molar-refractivity contribution in [2.24, 2.45) is 0 Å². The molecule has 4 rings (SSSR count). The molecule has 122 valence electrons. The monoisotopic (exact) mass is 326 g/mol. The van der Waals surface area contributed by atoms with E-state index in [-0.39, 0.29) is 17.4 Å². The highest BCUT2D eigenvalue weighted by Gasteiger charge is 2.29. The average molecular weight is 326 g/mol. The van der Waals surface area contributed by atoms with Crippen LogP contribution >= 0.6 is 0 Å². The smallest absolute Gasteiger partial charge is 0.253 e. The van der Waals surface area contributed by atoms with Crippen LogP contribution in [0.4, 0.5) is 8.78 Å². The quantitative estimate of drug-likeness (QED) is 0.757. The first-order valence-corrected chi connectivity index (χ1v) is 7.94. The molecule has 5 heteroatoms. The van der Waals surface area contributed by atoms with Crippen molar-refractivity contribution in [3.8, 4) is 0 Å². The molecule has 1 aliphatic rings. The lowest BCUT2D eigenvalue weighted by Crippen LogP contribution is -2.28. The summed E-state index contributed by atoms with van der Waals surface area (Å²) in [6, 6.07) is 11.4. The van der Waals surface area contributed by atoms with Crippen LogP contribution in [0.3, 0.4) is 0 Å². The second kappa shape index (κ2) is 5.74. The third-order valence-corrected chi connectivity index (χ3v) is 4.70. The number of carbonyl (C=O) groups is 1. The van der Waals surface area contributed by atoms with Crippen molar-refractivity contribution in [3.63, 3.8) is 0 Å². The zero-order chi connectivity index (χ0) is 16.7. The summed E-state index contributed by atoms with van der Waals surface area (Å²) in [4.78, 5) is 17.5. The first-order chi connectivity index (χ1) is 11.6. The van der Waals surface area contributed by atoms with Gasteiger partial charge >= 0.3 is 0 Å². The molecule has 2 heterocycles. The van der Waals surface area contributed by atoms with Crippen LogP contribution in [0, 0.1) is 11.6 Å². The normalized spacial score (nSPS) is 17.6. The Morgan fingerprint density at radius 3 is 2.79 bits per heavy atom. The van der Waals surface area contributed by atoms with Crippen LogP contribution in [0.25, 0.3) is 10.9 Å². The third kappa shape index (κ3) is 2.46. The number of halogens is 2. The number of likely N-dealkylation sites (tertiary alicyclic amines) is 1. The van der Waals surface area contributed by atoms with E-state index in [9.17, 15) is 13.6 Å². The van der Waals surface area contributed by atoms with Crippen LogP contribution < -0.4 is 0 Å². The highest BCUT2D eigenvalue weighted by atomic mass is 19.2. The van der Waals surface area contributed by atoms with E-state index in [0.717, 1.165) is 24.1 Å². The number of nitrogens with one attached hydrogen (secondary N) is 1. The fourth-order valence-corrected chi connectivity index (χ4v) is 3.44. The number of rotatable bonds is 2. The summed E-state index contributed by atoms with van der Waals surface area (Å²) in [6.07, 6.45) is 2.86. The Balaban J connectivity index is 1.55. The van der Waals surface area contributed by atoms with Gasteiger partial charge in [0.2, 0.25) is 0 Å². The summed E-state index contributed by atoms with van der Waals surface area (Å²) in [5.74, 6) is -1.94. The van der Waals surface area contributed by atoms with Crippen LogP contribution in [-0.4, -0.2) is 28.9 Å². The van der Waals surface area contributed by atoms with Crippen LogP contribution in [0.15, 0.2) is 48.7 Å². The molecule has 0 aliphatic carbocycles. The molecule has 1 N–H and O–H groups in total. The Bertz CT molecular complexity index is 919. The Hall–Kier alpha value is -2.69. The molecule has 1 unspecified atom stereocenters. The lowest BCUT2D eigenvalue weighted by atomic mass is 9.98. The van der Waals surface area contributed by atoms with Crippen LogP contribution in [0.1, 0.15) is 28.3 Å². The molecular weight excluding hydrogens is 310 g/mol. The van der Waals surface area contributed by atoms with Gasteiger partial charge in [0, 0.05) is 41.7 Å². The van der Waals surface area contributed by atoms with E-state index >= 15 is 0 Å². The molecule has 1 aliphatic heterocycles. The lowest BCUT2D eigenvalue weighted by Gasteiger charge is -2.16. The van der Waals surface area contributed by atoms with Crippen LogP contribution in [0.2, 0.25) is 0 Å². The van der Waals surface area contributed by atoms with Gasteiger partial charge in [-0.2, -0.15) is 0 Å². The van der Waals surface area contributed by atoms with Crippen molar-refractivity contribution in [2.75, 3.05) is 13.1 Å². The van der Waals surface area contributed by atoms with Gasteiger partial charge in [0.15, 0.2) is 11.6 Å². The molecule has 3 aromatic rings. The van der Waals surface area contributed by atoms with Gasteiger partial charge in [-0.1, -0.05) is 18.2 Å².